The van der Waals surface area contributed by atoms with Gasteiger partial charge in [-0.3, -0.25) is 19.5 Å². The highest BCUT2D eigenvalue weighted by Crippen LogP contribution is 2.52. The molecule has 9 nitrogen and oxygen atoms in total. The molecular formula is C18H26IN7O2. The molecule has 4 rings (SSSR count). The zero-order valence-corrected chi connectivity index (χ0v) is 18.4. The van der Waals surface area contributed by atoms with Gasteiger partial charge in [-0.25, -0.2) is 0 Å². The molecule has 2 bridgehead atoms. The fourth-order valence-electron chi connectivity index (χ4n) is 4.53. The number of aliphatic imine (C=N–C) groups is 1. The molecule has 3 aliphatic rings. The number of halogens is 1. The number of amides is 2. The van der Waals surface area contributed by atoms with E-state index < -0.39 is 0 Å². The Morgan fingerprint density at radius 1 is 1.21 bits per heavy atom. The van der Waals surface area contributed by atoms with Crippen molar-refractivity contribution in [3.05, 3.63) is 24.3 Å². The van der Waals surface area contributed by atoms with Crippen molar-refractivity contribution in [3.63, 3.8) is 0 Å². The molecule has 152 valence electrons. The van der Waals surface area contributed by atoms with Crippen molar-refractivity contribution < 1.29 is 9.59 Å². The maximum atomic E-state index is 12.7. The Hall–Kier alpha value is -1.98. The van der Waals surface area contributed by atoms with Gasteiger partial charge in [0.25, 0.3) is 0 Å². The van der Waals surface area contributed by atoms with E-state index in [2.05, 4.69) is 38.0 Å². The minimum absolute atomic E-state index is 0. The van der Waals surface area contributed by atoms with Crippen LogP contribution in [-0.2, 0) is 22.7 Å². The van der Waals surface area contributed by atoms with Crippen molar-refractivity contribution >= 4 is 41.8 Å². The van der Waals surface area contributed by atoms with Crippen molar-refractivity contribution in [2.24, 2.45) is 28.7 Å². The van der Waals surface area contributed by atoms with E-state index in [0.717, 1.165) is 18.8 Å². The van der Waals surface area contributed by atoms with E-state index in [1.807, 2.05) is 11.5 Å². The van der Waals surface area contributed by atoms with Crippen molar-refractivity contribution in [1.29, 1.82) is 0 Å². The molecule has 1 aromatic rings. The molecule has 2 fully saturated rings. The van der Waals surface area contributed by atoms with Crippen LogP contribution < -0.4 is 10.6 Å². The van der Waals surface area contributed by atoms with Gasteiger partial charge in [0.05, 0.1) is 18.4 Å². The third-order valence-corrected chi connectivity index (χ3v) is 5.86. The van der Waals surface area contributed by atoms with E-state index in [1.54, 1.807) is 13.4 Å². The average molecular weight is 499 g/mol. The first-order valence-electron chi connectivity index (χ1n) is 9.48. The smallest absolute Gasteiger partial charge is 0.233 e. The SMILES string of the molecule is CCn1cnnc1CNC(=NC)NCCN1C(=O)C2C3C=CC(C3)C2C1=O.I. The number of guanidine groups is 1. The summed E-state index contributed by atoms with van der Waals surface area (Å²) >= 11 is 0. The van der Waals surface area contributed by atoms with Crippen LogP contribution in [0.15, 0.2) is 23.5 Å². The molecule has 1 aliphatic heterocycles. The Labute approximate surface area is 181 Å². The van der Waals surface area contributed by atoms with E-state index in [4.69, 9.17) is 0 Å². The minimum atomic E-state index is -0.134. The number of allylic oxidation sites excluding steroid dienone is 2. The number of likely N-dealkylation sites (tertiary alicyclic amines) is 1. The Kier molecular flexibility index (Phi) is 6.36. The first-order valence-corrected chi connectivity index (χ1v) is 9.48. The van der Waals surface area contributed by atoms with Crippen LogP contribution in [0, 0.1) is 23.7 Å². The van der Waals surface area contributed by atoms with Crippen molar-refractivity contribution in [2.75, 3.05) is 20.1 Å². The summed E-state index contributed by atoms with van der Waals surface area (Å²) < 4.78 is 1.95. The zero-order valence-electron chi connectivity index (χ0n) is 16.0. The molecule has 2 N–H and O–H groups in total. The number of carbonyl (C=O) groups excluding carboxylic acids is 2. The van der Waals surface area contributed by atoms with Crippen molar-refractivity contribution in [2.45, 2.75) is 26.4 Å². The standard InChI is InChI=1S/C18H25N7O2.HI/c1-3-24-10-22-23-13(24)9-21-18(19-2)20-6-7-25-16(26)14-11-4-5-12(8-11)15(14)17(25)27;/h4-5,10-12,14-15H,3,6-9H2,1-2H3,(H2,19,20,21);1H. The summed E-state index contributed by atoms with van der Waals surface area (Å²) in [4.78, 5) is 30.9. The lowest BCUT2D eigenvalue weighted by atomic mass is 9.85. The Bertz CT molecular complexity index is 776. The topological polar surface area (TPSA) is 105 Å². The molecule has 0 aromatic carbocycles. The predicted molar refractivity (Wildman–Crippen MR) is 114 cm³/mol. The average Bonchev–Trinajstić information content (AvgIpc) is 3.44. The Morgan fingerprint density at radius 3 is 2.50 bits per heavy atom. The third-order valence-electron chi connectivity index (χ3n) is 5.86. The summed E-state index contributed by atoms with van der Waals surface area (Å²) in [6.07, 6.45) is 6.87. The second kappa shape index (κ2) is 8.58. The number of rotatable bonds is 6. The van der Waals surface area contributed by atoms with E-state index in [0.29, 0.717) is 25.6 Å². The maximum Gasteiger partial charge on any atom is 0.233 e. The molecule has 1 saturated carbocycles. The number of nitrogens with one attached hydrogen (secondary N) is 2. The number of imide groups is 1. The van der Waals surface area contributed by atoms with Crippen LogP contribution in [0.25, 0.3) is 0 Å². The Balaban J connectivity index is 0.00000225. The molecule has 1 saturated heterocycles. The van der Waals surface area contributed by atoms with Crippen LogP contribution in [0.5, 0.6) is 0 Å². The lowest BCUT2D eigenvalue weighted by Crippen LogP contribution is -2.43. The Morgan fingerprint density at radius 2 is 1.89 bits per heavy atom. The molecule has 0 radical (unpaired) electrons. The fraction of sp³-hybridized carbons (Fsp3) is 0.611. The molecule has 10 heteroatoms. The summed E-state index contributed by atoms with van der Waals surface area (Å²) in [6, 6.07) is 0. The third kappa shape index (κ3) is 3.53. The maximum absolute atomic E-state index is 12.7. The second-order valence-electron chi connectivity index (χ2n) is 7.21. The highest BCUT2D eigenvalue weighted by Gasteiger charge is 2.58. The second-order valence-corrected chi connectivity index (χ2v) is 7.21. The monoisotopic (exact) mass is 499 g/mol. The van der Waals surface area contributed by atoms with Gasteiger partial charge in [0.15, 0.2) is 11.8 Å². The number of hydrogen-bond donors (Lipinski definition) is 2. The van der Waals surface area contributed by atoms with Crippen LogP contribution in [-0.4, -0.2) is 57.6 Å². The van der Waals surface area contributed by atoms with Crippen molar-refractivity contribution in [3.8, 4) is 0 Å². The molecule has 28 heavy (non-hydrogen) atoms. The highest BCUT2D eigenvalue weighted by atomic mass is 127. The van der Waals surface area contributed by atoms with Gasteiger partial charge in [-0.2, -0.15) is 0 Å². The van der Waals surface area contributed by atoms with Crippen LogP contribution in [0.4, 0.5) is 0 Å². The number of hydrogen-bond acceptors (Lipinski definition) is 5. The quantitative estimate of drug-likeness (QED) is 0.193. The highest BCUT2D eigenvalue weighted by molar-refractivity contribution is 14.0. The summed E-state index contributed by atoms with van der Waals surface area (Å²) in [7, 11) is 1.68. The number of aryl methyl sites for hydroxylation is 1. The van der Waals surface area contributed by atoms with Gasteiger partial charge in [0.1, 0.15) is 6.33 Å². The van der Waals surface area contributed by atoms with Crippen LogP contribution >= 0.6 is 24.0 Å². The number of aromatic nitrogens is 3. The molecule has 2 amide bonds. The molecule has 2 aliphatic carbocycles. The van der Waals surface area contributed by atoms with Crippen LogP contribution in [0.3, 0.4) is 0 Å². The van der Waals surface area contributed by atoms with Gasteiger partial charge in [0, 0.05) is 26.7 Å². The summed E-state index contributed by atoms with van der Waals surface area (Å²) in [5, 5.41) is 14.3. The molecule has 4 unspecified atom stereocenters. The lowest BCUT2D eigenvalue weighted by Gasteiger charge is -2.18. The van der Waals surface area contributed by atoms with Gasteiger partial charge in [-0.05, 0) is 25.2 Å². The number of fused-ring (bicyclic) bond motifs is 5. The van der Waals surface area contributed by atoms with E-state index in [-0.39, 0.29) is 59.5 Å². The van der Waals surface area contributed by atoms with E-state index in [9.17, 15) is 9.59 Å². The largest absolute Gasteiger partial charge is 0.355 e. The zero-order chi connectivity index (χ0) is 19.0. The van der Waals surface area contributed by atoms with E-state index >= 15 is 0 Å². The number of carbonyl (C=O) groups is 2. The molecule has 4 atom stereocenters. The molecular weight excluding hydrogens is 473 g/mol. The summed E-state index contributed by atoms with van der Waals surface area (Å²) in [6.45, 7) is 4.14. The van der Waals surface area contributed by atoms with E-state index in [1.165, 1.54) is 4.90 Å². The first kappa shape index (κ1) is 20.7. The van der Waals surface area contributed by atoms with Crippen LogP contribution in [0.1, 0.15) is 19.2 Å². The minimum Gasteiger partial charge on any atom is -0.355 e. The lowest BCUT2D eigenvalue weighted by molar-refractivity contribution is -0.140. The van der Waals surface area contributed by atoms with Gasteiger partial charge >= 0.3 is 0 Å². The van der Waals surface area contributed by atoms with Gasteiger partial charge in [-0.15, -0.1) is 34.2 Å². The normalized spacial score (nSPS) is 27.9. The van der Waals surface area contributed by atoms with Gasteiger partial charge < -0.3 is 15.2 Å². The fourth-order valence-corrected chi connectivity index (χ4v) is 4.53. The molecule has 2 heterocycles. The molecule has 1 aromatic heterocycles. The molecule has 0 spiro atoms. The van der Waals surface area contributed by atoms with Gasteiger partial charge in [0.2, 0.25) is 11.8 Å². The van der Waals surface area contributed by atoms with Crippen LogP contribution in [0.2, 0.25) is 0 Å². The summed E-state index contributed by atoms with van der Waals surface area (Å²) in [5.74, 6) is 1.63. The summed E-state index contributed by atoms with van der Waals surface area (Å²) in [5.41, 5.74) is 0. The predicted octanol–water partition coefficient (Wildman–Crippen LogP) is 0.388. The van der Waals surface area contributed by atoms with Gasteiger partial charge in [-0.1, -0.05) is 12.2 Å². The van der Waals surface area contributed by atoms with Crippen molar-refractivity contribution in [1.82, 2.24) is 30.3 Å². The first-order chi connectivity index (χ1) is 13.1. The number of nitrogens with zero attached hydrogens (tertiary/aromatic N) is 5.